The van der Waals surface area contributed by atoms with Crippen molar-refractivity contribution in [2.45, 2.75) is 26.3 Å². The summed E-state index contributed by atoms with van der Waals surface area (Å²) in [5.41, 5.74) is 0.949. The van der Waals surface area contributed by atoms with Crippen LogP contribution in [0.5, 0.6) is 0 Å². The summed E-state index contributed by atoms with van der Waals surface area (Å²) >= 11 is 0. The van der Waals surface area contributed by atoms with E-state index in [0.29, 0.717) is 12.5 Å². The first-order chi connectivity index (χ1) is 12.5. The summed E-state index contributed by atoms with van der Waals surface area (Å²) in [5.74, 6) is 0.313. The van der Waals surface area contributed by atoms with Gasteiger partial charge in [-0.1, -0.05) is 56.3 Å². The van der Waals surface area contributed by atoms with Crippen molar-refractivity contribution < 1.29 is 9.59 Å². The smallest absolute Gasteiger partial charge is 0.242 e. The van der Waals surface area contributed by atoms with E-state index >= 15 is 0 Å². The van der Waals surface area contributed by atoms with Gasteiger partial charge in [-0.25, -0.2) is 0 Å². The number of nitrogens with one attached hydrogen (secondary N) is 3. The fourth-order valence-corrected chi connectivity index (χ4v) is 3.14. The number of carbonyl (C=O) groups is 2. The van der Waals surface area contributed by atoms with E-state index in [-0.39, 0.29) is 36.6 Å². The van der Waals surface area contributed by atoms with Crippen LogP contribution in [-0.4, -0.2) is 37.5 Å². The molecule has 2 aromatic carbocycles. The molecule has 0 bridgehead atoms. The zero-order valence-corrected chi connectivity index (χ0v) is 16.6. The molecule has 0 radical (unpaired) electrons. The van der Waals surface area contributed by atoms with Crippen molar-refractivity contribution in [3.8, 4) is 0 Å². The molecule has 0 aliphatic carbocycles. The average molecular weight is 390 g/mol. The minimum absolute atomic E-state index is 0. The van der Waals surface area contributed by atoms with E-state index in [1.54, 1.807) is 0 Å². The first-order valence-corrected chi connectivity index (χ1v) is 9.28. The number of hydrogen-bond donors (Lipinski definition) is 3. The van der Waals surface area contributed by atoms with Crippen molar-refractivity contribution in [3.05, 3.63) is 48.0 Å². The number of hydrogen-bond acceptors (Lipinski definition) is 3. The lowest BCUT2D eigenvalue weighted by atomic mass is 10.0. The lowest BCUT2D eigenvalue weighted by Gasteiger charge is -2.29. The summed E-state index contributed by atoms with van der Waals surface area (Å²) in [6.45, 7) is 6.45. The Kier molecular flexibility index (Phi) is 7.63. The lowest BCUT2D eigenvalue weighted by molar-refractivity contribution is -0.129. The Bertz CT molecular complexity index is 790. The van der Waals surface area contributed by atoms with Crippen LogP contribution in [0.4, 0.5) is 0 Å². The third-order valence-corrected chi connectivity index (χ3v) is 4.88. The Hall–Kier alpha value is -2.11. The number of fused-ring (bicyclic) bond motifs is 1. The second-order valence-corrected chi connectivity index (χ2v) is 7.42. The monoisotopic (exact) mass is 389 g/mol. The van der Waals surface area contributed by atoms with Gasteiger partial charge in [0.25, 0.3) is 0 Å². The maximum atomic E-state index is 12.5. The molecule has 6 heteroatoms. The largest absolute Gasteiger partial charge is 0.354 e. The Labute approximate surface area is 166 Å². The fourth-order valence-electron chi connectivity index (χ4n) is 3.14. The van der Waals surface area contributed by atoms with Crippen molar-refractivity contribution in [2.24, 2.45) is 11.8 Å². The first kappa shape index (κ1) is 21.2. The minimum Gasteiger partial charge on any atom is -0.354 e. The molecule has 3 N–H and O–H groups in total. The summed E-state index contributed by atoms with van der Waals surface area (Å²) in [6.07, 6.45) is 0.272. The zero-order valence-electron chi connectivity index (χ0n) is 15.8. The predicted molar refractivity (Wildman–Crippen MR) is 111 cm³/mol. The highest BCUT2D eigenvalue weighted by molar-refractivity contribution is 5.89. The molecule has 0 spiro atoms. The molecule has 2 amide bonds. The maximum Gasteiger partial charge on any atom is 0.242 e. The normalized spacial score (nSPS) is 14.9. The standard InChI is InChI=1S/C21H27N3O2.ClH/c1-14(2)20(21(26)23-13-16-11-22-12-16)24-19(25)10-15-7-8-17-5-3-4-6-18(17)9-15;/h3-9,14,16,20,22H,10-13H2,1-2H3,(H,23,26)(H,24,25);1H. The quantitative estimate of drug-likeness (QED) is 0.680. The van der Waals surface area contributed by atoms with Crippen molar-refractivity contribution in [3.63, 3.8) is 0 Å². The Morgan fingerprint density at radius 3 is 2.44 bits per heavy atom. The van der Waals surface area contributed by atoms with Gasteiger partial charge in [-0.2, -0.15) is 0 Å². The molecule has 1 fully saturated rings. The molecule has 1 atom stereocenters. The van der Waals surface area contributed by atoms with Crippen LogP contribution in [-0.2, 0) is 16.0 Å². The first-order valence-electron chi connectivity index (χ1n) is 9.28. The molecule has 27 heavy (non-hydrogen) atoms. The minimum atomic E-state index is -0.504. The molecular formula is C21H28ClN3O2. The fraction of sp³-hybridized carbons (Fsp3) is 0.429. The third kappa shape index (κ3) is 5.68. The van der Waals surface area contributed by atoms with Crippen LogP contribution in [0.2, 0.25) is 0 Å². The highest BCUT2D eigenvalue weighted by Crippen LogP contribution is 2.16. The van der Waals surface area contributed by atoms with Gasteiger partial charge in [-0.05, 0) is 22.3 Å². The molecule has 1 aliphatic rings. The van der Waals surface area contributed by atoms with Crippen LogP contribution in [0.1, 0.15) is 19.4 Å². The van der Waals surface area contributed by atoms with Crippen LogP contribution in [0, 0.1) is 11.8 Å². The predicted octanol–water partition coefficient (Wildman–Crippen LogP) is 2.28. The maximum absolute atomic E-state index is 12.5. The average Bonchev–Trinajstić information content (AvgIpc) is 2.57. The third-order valence-electron chi connectivity index (χ3n) is 4.88. The van der Waals surface area contributed by atoms with Gasteiger partial charge in [0, 0.05) is 25.6 Å². The SMILES string of the molecule is CC(C)C(NC(=O)Cc1ccc2ccccc2c1)C(=O)NCC1CNC1.Cl. The summed E-state index contributed by atoms with van der Waals surface area (Å²) in [7, 11) is 0. The van der Waals surface area contributed by atoms with Gasteiger partial charge in [0.1, 0.15) is 6.04 Å². The van der Waals surface area contributed by atoms with Gasteiger partial charge in [0.2, 0.25) is 11.8 Å². The van der Waals surface area contributed by atoms with Gasteiger partial charge >= 0.3 is 0 Å². The van der Waals surface area contributed by atoms with Gasteiger partial charge in [-0.15, -0.1) is 12.4 Å². The highest BCUT2D eigenvalue weighted by atomic mass is 35.5. The van der Waals surface area contributed by atoms with Crippen LogP contribution in [0.25, 0.3) is 10.8 Å². The van der Waals surface area contributed by atoms with Crippen molar-refractivity contribution >= 4 is 35.0 Å². The second-order valence-electron chi connectivity index (χ2n) is 7.42. The van der Waals surface area contributed by atoms with Crippen LogP contribution in [0.15, 0.2) is 42.5 Å². The number of rotatable bonds is 7. The topological polar surface area (TPSA) is 70.2 Å². The molecule has 1 aliphatic heterocycles. The van der Waals surface area contributed by atoms with Crippen molar-refractivity contribution in [2.75, 3.05) is 19.6 Å². The highest BCUT2D eigenvalue weighted by Gasteiger charge is 2.25. The molecule has 1 heterocycles. The molecule has 3 rings (SSSR count). The zero-order chi connectivity index (χ0) is 18.5. The Balaban J connectivity index is 0.00000261. The summed E-state index contributed by atoms with van der Waals surface area (Å²) in [5, 5.41) is 11.3. The van der Waals surface area contributed by atoms with E-state index in [0.717, 1.165) is 29.4 Å². The summed E-state index contributed by atoms with van der Waals surface area (Å²) in [6, 6.07) is 13.6. The van der Waals surface area contributed by atoms with Crippen molar-refractivity contribution in [1.29, 1.82) is 0 Å². The molecule has 5 nitrogen and oxygen atoms in total. The van der Waals surface area contributed by atoms with Crippen LogP contribution < -0.4 is 16.0 Å². The number of amides is 2. The van der Waals surface area contributed by atoms with Crippen molar-refractivity contribution in [1.82, 2.24) is 16.0 Å². The summed E-state index contributed by atoms with van der Waals surface area (Å²) in [4.78, 5) is 24.9. The lowest BCUT2D eigenvalue weighted by Crippen LogP contribution is -2.54. The Morgan fingerprint density at radius 2 is 1.81 bits per heavy atom. The number of halogens is 1. The van der Waals surface area contributed by atoms with Crippen LogP contribution >= 0.6 is 12.4 Å². The second kappa shape index (κ2) is 9.72. The molecule has 1 saturated heterocycles. The molecule has 1 unspecified atom stereocenters. The van der Waals surface area contributed by atoms with Gasteiger partial charge in [0.15, 0.2) is 0 Å². The van der Waals surface area contributed by atoms with E-state index in [9.17, 15) is 9.59 Å². The molecule has 146 valence electrons. The molecule has 0 aromatic heterocycles. The van der Waals surface area contributed by atoms with E-state index in [2.05, 4.69) is 22.0 Å². The van der Waals surface area contributed by atoms with E-state index < -0.39 is 6.04 Å². The number of benzene rings is 2. The van der Waals surface area contributed by atoms with E-state index in [4.69, 9.17) is 0 Å². The molecule has 0 saturated carbocycles. The molecule has 2 aromatic rings. The molecular weight excluding hydrogens is 362 g/mol. The van der Waals surface area contributed by atoms with Crippen LogP contribution in [0.3, 0.4) is 0 Å². The van der Waals surface area contributed by atoms with E-state index in [1.165, 1.54) is 0 Å². The Morgan fingerprint density at radius 1 is 1.11 bits per heavy atom. The number of carbonyl (C=O) groups excluding carboxylic acids is 2. The van der Waals surface area contributed by atoms with Gasteiger partial charge < -0.3 is 16.0 Å². The summed E-state index contributed by atoms with van der Waals surface area (Å²) < 4.78 is 0. The van der Waals surface area contributed by atoms with E-state index in [1.807, 2.05) is 50.2 Å². The van der Waals surface area contributed by atoms with Gasteiger partial charge in [-0.3, -0.25) is 9.59 Å². The van der Waals surface area contributed by atoms with Gasteiger partial charge in [0.05, 0.1) is 6.42 Å².